The second kappa shape index (κ2) is 2.04. The first-order valence-electron chi connectivity index (χ1n) is 3.60. The van der Waals surface area contributed by atoms with Gasteiger partial charge >= 0.3 is 0 Å². The van der Waals surface area contributed by atoms with E-state index in [1.165, 1.54) is 0 Å². The number of pyridine rings is 1. The molecule has 0 atom stereocenters. The Morgan fingerprint density at radius 3 is 3.33 bits per heavy atom. The molecule has 0 amide bonds. The molecule has 3 rings (SSSR count). The highest BCUT2D eigenvalue weighted by molar-refractivity contribution is 7.16. The summed E-state index contributed by atoms with van der Waals surface area (Å²) < 4.78 is 0. The summed E-state index contributed by atoms with van der Waals surface area (Å²) in [6.07, 6.45) is 3.52. The van der Waals surface area contributed by atoms with E-state index >= 15 is 0 Å². The molecule has 0 bridgehead atoms. The zero-order valence-corrected chi connectivity index (χ0v) is 6.93. The van der Waals surface area contributed by atoms with E-state index in [1.807, 2.05) is 11.6 Å². The first-order valence-corrected chi connectivity index (χ1v) is 4.48. The standard InChI is InChI=1S/C8H5N3S/c1-2-12-8-5(1)7-6(3-9-8)10-4-11-7/h1-4H,(H,10,11). The molecule has 0 aliphatic heterocycles. The van der Waals surface area contributed by atoms with Gasteiger partial charge in [-0.1, -0.05) is 0 Å². The minimum absolute atomic E-state index is 1.00. The van der Waals surface area contributed by atoms with Crippen molar-refractivity contribution in [1.82, 2.24) is 15.0 Å². The molecule has 0 aliphatic rings. The van der Waals surface area contributed by atoms with Crippen molar-refractivity contribution in [2.75, 3.05) is 0 Å². The maximum atomic E-state index is 4.29. The second-order valence-electron chi connectivity index (χ2n) is 2.56. The maximum absolute atomic E-state index is 4.29. The largest absolute Gasteiger partial charge is 0.343 e. The number of H-pyrrole nitrogens is 1. The zero-order chi connectivity index (χ0) is 7.97. The van der Waals surface area contributed by atoms with E-state index < -0.39 is 0 Å². The summed E-state index contributed by atoms with van der Waals surface area (Å²) in [6, 6.07) is 2.05. The van der Waals surface area contributed by atoms with Gasteiger partial charge < -0.3 is 4.98 Å². The summed E-state index contributed by atoms with van der Waals surface area (Å²) in [5, 5.41) is 3.17. The molecule has 0 saturated carbocycles. The Morgan fingerprint density at radius 2 is 2.33 bits per heavy atom. The molecule has 3 aromatic rings. The molecule has 0 saturated heterocycles. The third-order valence-electron chi connectivity index (χ3n) is 1.88. The van der Waals surface area contributed by atoms with Gasteiger partial charge in [0.2, 0.25) is 0 Å². The predicted octanol–water partition coefficient (Wildman–Crippen LogP) is 2.17. The molecular formula is C8H5N3S. The van der Waals surface area contributed by atoms with Crippen LogP contribution in [0.1, 0.15) is 0 Å². The predicted molar refractivity (Wildman–Crippen MR) is 49.3 cm³/mol. The molecule has 0 aromatic carbocycles. The monoisotopic (exact) mass is 175 g/mol. The van der Waals surface area contributed by atoms with Gasteiger partial charge in [-0.05, 0) is 11.4 Å². The Morgan fingerprint density at radius 1 is 1.33 bits per heavy atom. The van der Waals surface area contributed by atoms with Gasteiger partial charge in [0.1, 0.15) is 10.3 Å². The lowest BCUT2D eigenvalue weighted by Crippen LogP contribution is -1.74. The number of aromatic nitrogens is 3. The first kappa shape index (κ1) is 6.14. The number of hydrogen-bond donors (Lipinski definition) is 1. The average Bonchev–Trinajstić information content (AvgIpc) is 2.71. The third kappa shape index (κ3) is 0.648. The highest BCUT2D eigenvalue weighted by atomic mass is 32.1. The van der Waals surface area contributed by atoms with Crippen molar-refractivity contribution in [2.45, 2.75) is 0 Å². The van der Waals surface area contributed by atoms with Gasteiger partial charge in [-0.2, -0.15) is 0 Å². The molecule has 12 heavy (non-hydrogen) atoms. The molecule has 3 heterocycles. The van der Waals surface area contributed by atoms with Crippen molar-refractivity contribution in [2.24, 2.45) is 0 Å². The molecule has 0 radical (unpaired) electrons. The molecule has 0 fully saturated rings. The van der Waals surface area contributed by atoms with E-state index in [0.29, 0.717) is 0 Å². The molecule has 0 aliphatic carbocycles. The number of nitrogens with one attached hydrogen (secondary N) is 1. The van der Waals surface area contributed by atoms with Gasteiger partial charge in [-0.15, -0.1) is 11.3 Å². The third-order valence-corrected chi connectivity index (χ3v) is 2.70. The van der Waals surface area contributed by atoms with Crippen LogP contribution < -0.4 is 0 Å². The highest BCUT2D eigenvalue weighted by Gasteiger charge is 2.03. The quantitative estimate of drug-likeness (QED) is 0.569. The van der Waals surface area contributed by atoms with Gasteiger partial charge in [-0.25, -0.2) is 9.97 Å². The summed E-state index contributed by atoms with van der Waals surface area (Å²) in [4.78, 5) is 12.6. The lowest BCUT2D eigenvalue weighted by Gasteiger charge is -1.88. The van der Waals surface area contributed by atoms with Crippen LogP contribution in [0.25, 0.3) is 21.3 Å². The van der Waals surface area contributed by atoms with Crippen LogP contribution >= 0.6 is 11.3 Å². The van der Waals surface area contributed by atoms with Crippen LogP contribution in [0.3, 0.4) is 0 Å². The van der Waals surface area contributed by atoms with Gasteiger partial charge in [-0.3, -0.25) is 0 Å². The van der Waals surface area contributed by atoms with Crippen molar-refractivity contribution >= 4 is 32.6 Å². The van der Waals surface area contributed by atoms with Crippen LogP contribution in [-0.4, -0.2) is 15.0 Å². The van der Waals surface area contributed by atoms with E-state index in [4.69, 9.17) is 0 Å². The maximum Gasteiger partial charge on any atom is 0.125 e. The Bertz CT molecular complexity index is 487. The van der Waals surface area contributed by atoms with Crippen molar-refractivity contribution in [1.29, 1.82) is 0 Å². The number of imidazole rings is 1. The molecule has 58 valence electrons. The molecule has 4 heteroatoms. The second-order valence-corrected chi connectivity index (χ2v) is 3.46. The van der Waals surface area contributed by atoms with Gasteiger partial charge in [0, 0.05) is 5.39 Å². The Kier molecular flexibility index (Phi) is 1.04. The summed E-state index contributed by atoms with van der Waals surface area (Å²) in [7, 11) is 0. The molecular weight excluding hydrogens is 170 g/mol. The van der Waals surface area contributed by atoms with Crippen LogP contribution in [0, 0.1) is 0 Å². The van der Waals surface area contributed by atoms with Crippen LogP contribution in [-0.2, 0) is 0 Å². The van der Waals surface area contributed by atoms with Crippen molar-refractivity contribution in [3.63, 3.8) is 0 Å². The summed E-state index contributed by atoms with van der Waals surface area (Å²) in [6.45, 7) is 0. The van der Waals surface area contributed by atoms with Crippen LogP contribution in [0.4, 0.5) is 0 Å². The van der Waals surface area contributed by atoms with E-state index in [-0.39, 0.29) is 0 Å². The number of rotatable bonds is 0. The Hall–Kier alpha value is -1.42. The fraction of sp³-hybridized carbons (Fsp3) is 0. The Balaban J connectivity index is 2.71. The SMILES string of the molecule is c1nc2c(cnc3sccc32)[nH]1. The number of thiophene rings is 1. The summed E-state index contributed by atoms with van der Waals surface area (Å²) >= 11 is 1.64. The fourth-order valence-electron chi connectivity index (χ4n) is 1.32. The average molecular weight is 175 g/mol. The topological polar surface area (TPSA) is 41.6 Å². The van der Waals surface area contributed by atoms with Gasteiger partial charge in [0.15, 0.2) is 0 Å². The lowest BCUT2D eigenvalue weighted by molar-refractivity contribution is 1.34. The molecule has 0 spiro atoms. The number of nitrogens with zero attached hydrogens (tertiary/aromatic N) is 2. The van der Waals surface area contributed by atoms with Crippen LogP contribution in [0.5, 0.6) is 0 Å². The molecule has 1 N–H and O–H groups in total. The van der Waals surface area contributed by atoms with E-state index in [2.05, 4.69) is 21.0 Å². The fourth-order valence-corrected chi connectivity index (χ4v) is 2.06. The minimum atomic E-state index is 1.00. The van der Waals surface area contributed by atoms with E-state index in [9.17, 15) is 0 Å². The van der Waals surface area contributed by atoms with Crippen molar-refractivity contribution in [3.05, 3.63) is 24.0 Å². The zero-order valence-electron chi connectivity index (χ0n) is 6.11. The smallest absolute Gasteiger partial charge is 0.125 e. The van der Waals surface area contributed by atoms with Crippen LogP contribution in [0.2, 0.25) is 0 Å². The molecule has 3 nitrogen and oxygen atoms in total. The first-order chi connectivity index (χ1) is 5.95. The highest BCUT2D eigenvalue weighted by Crippen LogP contribution is 2.24. The van der Waals surface area contributed by atoms with Gasteiger partial charge in [0.25, 0.3) is 0 Å². The van der Waals surface area contributed by atoms with Crippen LogP contribution in [0.15, 0.2) is 24.0 Å². The minimum Gasteiger partial charge on any atom is -0.343 e. The van der Waals surface area contributed by atoms with E-state index in [1.54, 1.807) is 17.7 Å². The lowest BCUT2D eigenvalue weighted by atomic mass is 10.3. The molecule has 3 aromatic heterocycles. The number of fused-ring (bicyclic) bond motifs is 3. The number of aromatic amines is 1. The summed E-state index contributed by atoms with van der Waals surface area (Å²) in [5.74, 6) is 0. The van der Waals surface area contributed by atoms with Crippen molar-refractivity contribution < 1.29 is 0 Å². The number of hydrogen-bond acceptors (Lipinski definition) is 3. The normalized spacial score (nSPS) is 11.3. The van der Waals surface area contributed by atoms with E-state index in [0.717, 1.165) is 21.3 Å². The van der Waals surface area contributed by atoms with Gasteiger partial charge in [0.05, 0.1) is 18.0 Å². The van der Waals surface area contributed by atoms with Crippen molar-refractivity contribution in [3.8, 4) is 0 Å². The molecule has 0 unspecified atom stereocenters. The Labute approximate surface area is 72.1 Å². The summed E-state index contributed by atoms with van der Waals surface area (Å²) in [5.41, 5.74) is 2.02.